The van der Waals surface area contributed by atoms with Gasteiger partial charge in [-0.3, -0.25) is 4.79 Å². The van der Waals surface area contributed by atoms with Gasteiger partial charge in [-0.2, -0.15) is 5.10 Å². The maximum Gasteiger partial charge on any atom is 0.258 e. The summed E-state index contributed by atoms with van der Waals surface area (Å²) in [4.78, 5) is 21.1. The summed E-state index contributed by atoms with van der Waals surface area (Å²) >= 11 is 1.46. The number of hydrogen-bond acceptors (Lipinski definition) is 8. The molecule has 0 saturated carbocycles. The van der Waals surface area contributed by atoms with Crippen LogP contribution in [0.15, 0.2) is 35.6 Å². The van der Waals surface area contributed by atoms with Crippen molar-refractivity contribution >= 4 is 34.5 Å². The van der Waals surface area contributed by atoms with E-state index in [0.29, 0.717) is 37.1 Å². The molecule has 160 valence electrons. The van der Waals surface area contributed by atoms with Crippen LogP contribution in [-0.4, -0.2) is 65.3 Å². The zero-order chi connectivity index (χ0) is 21.3. The van der Waals surface area contributed by atoms with Gasteiger partial charge in [0.2, 0.25) is 0 Å². The number of benzene rings is 1. The van der Waals surface area contributed by atoms with E-state index in [1.807, 2.05) is 37.4 Å². The van der Waals surface area contributed by atoms with Gasteiger partial charge in [0, 0.05) is 20.2 Å². The number of methoxy groups -OCH3 is 1. The van der Waals surface area contributed by atoms with Crippen molar-refractivity contribution in [3.8, 4) is 5.75 Å². The summed E-state index contributed by atoms with van der Waals surface area (Å²) in [6.07, 6.45) is 3.66. The molecule has 0 fully saturated rings. The van der Waals surface area contributed by atoms with Crippen LogP contribution in [0.4, 0.5) is 5.82 Å². The molecule has 2 aromatic heterocycles. The lowest BCUT2D eigenvalue weighted by atomic mass is 10.2. The maximum absolute atomic E-state index is 12.1. The van der Waals surface area contributed by atoms with Crippen LogP contribution in [0.3, 0.4) is 0 Å². The van der Waals surface area contributed by atoms with Crippen LogP contribution in [0.1, 0.15) is 5.56 Å². The molecule has 30 heavy (non-hydrogen) atoms. The van der Waals surface area contributed by atoms with Crippen molar-refractivity contribution in [2.75, 3.05) is 45.0 Å². The Hall–Kier alpha value is -2.85. The van der Waals surface area contributed by atoms with Crippen LogP contribution >= 0.6 is 11.8 Å². The second-order valence-electron chi connectivity index (χ2n) is 6.54. The predicted molar refractivity (Wildman–Crippen MR) is 117 cm³/mol. The molecule has 3 aromatic rings. The number of amides is 1. The number of carbonyl (C=O) groups excluding carboxylic acids is 1. The predicted octanol–water partition coefficient (Wildman–Crippen LogP) is 2.11. The number of carbonyl (C=O) groups is 1. The molecule has 0 atom stereocenters. The van der Waals surface area contributed by atoms with E-state index in [1.165, 1.54) is 11.8 Å². The van der Waals surface area contributed by atoms with Gasteiger partial charge >= 0.3 is 0 Å². The number of aryl methyl sites for hydroxylation is 1. The minimum Gasteiger partial charge on any atom is -0.484 e. The monoisotopic (exact) mass is 430 g/mol. The molecule has 0 radical (unpaired) electrons. The average molecular weight is 431 g/mol. The van der Waals surface area contributed by atoms with Gasteiger partial charge < -0.3 is 20.1 Å². The number of ether oxygens (including phenoxy) is 2. The Kier molecular flexibility index (Phi) is 7.86. The van der Waals surface area contributed by atoms with Crippen LogP contribution in [0.2, 0.25) is 0 Å². The first-order valence-corrected chi connectivity index (χ1v) is 10.8. The van der Waals surface area contributed by atoms with Gasteiger partial charge in [0.1, 0.15) is 11.6 Å². The molecule has 9 nitrogen and oxygen atoms in total. The number of nitrogens with one attached hydrogen (secondary N) is 2. The third kappa shape index (κ3) is 5.83. The minimum absolute atomic E-state index is 0.0325. The normalized spacial score (nSPS) is 10.9. The first-order valence-electron chi connectivity index (χ1n) is 9.57. The van der Waals surface area contributed by atoms with Gasteiger partial charge in [0.15, 0.2) is 17.4 Å². The molecule has 1 aromatic carbocycles. The smallest absolute Gasteiger partial charge is 0.258 e. The molecule has 0 aliphatic rings. The third-order valence-corrected chi connectivity index (χ3v) is 4.84. The topological polar surface area (TPSA) is 103 Å². The van der Waals surface area contributed by atoms with Crippen LogP contribution in [0, 0.1) is 6.92 Å². The first kappa shape index (κ1) is 21.8. The fraction of sp³-hybridized carbons (Fsp3) is 0.400. The number of hydrogen-bond donors (Lipinski definition) is 2. The second kappa shape index (κ2) is 10.8. The Balaban J connectivity index is 1.56. The standard InChI is InChI=1S/C20H26N6O3S/c1-14-4-6-15(7-5-14)29-13-17(27)21-8-10-26-19-16(12-23-26)18(22-9-11-28-2)24-20(25-19)30-3/h4-7,12H,8-11,13H2,1-3H3,(H,21,27)(H,22,24,25). The fourth-order valence-electron chi connectivity index (χ4n) is 2.73. The summed E-state index contributed by atoms with van der Waals surface area (Å²) in [5, 5.41) is 12.0. The van der Waals surface area contributed by atoms with E-state index in [4.69, 9.17) is 9.47 Å². The highest BCUT2D eigenvalue weighted by atomic mass is 32.2. The molecule has 1 amide bonds. The van der Waals surface area contributed by atoms with Gasteiger partial charge in [0.05, 0.1) is 24.7 Å². The Bertz CT molecular complexity index is 977. The van der Waals surface area contributed by atoms with Crippen molar-refractivity contribution in [1.29, 1.82) is 0 Å². The zero-order valence-electron chi connectivity index (χ0n) is 17.3. The van der Waals surface area contributed by atoms with E-state index in [2.05, 4.69) is 25.7 Å². The summed E-state index contributed by atoms with van der Waals surface area (Å²) in [6, 6.07) is 7.58. The minimum atomic E-state index is -0.187. The second-order valence-corrected chi connectivity index (χ2v) is 7.31. The van der Waals surface area contributed by atoms with E-state index < -0.39 is 0 Å². The number of rotatable bonds is 11. The lowest BCUT2D eigenvalue weighted by molar-refractivity contribution is -0.123. The van der Waals surface area contributed by atoms with Crippen LogP contribution in [0.25, 0.3) is 11.0 Å². The molecule has 3 rings (SSSR count). The molecule has 0 spiro atoms. The van der Waals surface area contributed by atoms with Crippen molar-refractivity contribution in [3.63, 3.8) is 0 Å². The summed E-state index contributed by atoms with van der Waals surface area (Å²) in [6.45, 7) is 4.08. The number of nitrogens with zero attached hydrogens (tertiary/aromatic N) is 4. The highest BCUT2D eigenvalue weighted by Gasteiger charge is 2.13. The Morgan fingerprint density at radius 3 is 2.73 bits per heavy atom. The van der Waals surface area contributed by atoms with Gasteiger partial charge in [-0.15, -0.1) is 0 Å². The van der Waals surface area contributed by atoms with Crippen LogP contribution in [0.5, 0.6) is 5.75 Å². The van der Waals surface area contributed by atoms with Gasteiger partial charge in [-0.1, -0.05) is 29.5 Å². The molecule has 0 saturated heterocycles. The van der Waals surface area contributed by atoms with Gasteiger partial charge in [-0.25, -0.2) is 14.6 Å². The molecule has 2 heterocycles. The van der Waals surface area contributed by atoms with Gasteiger partial charge in [0.25, 0.3) is 5.91 Å². The largest absolute Gasteiger partial charge is 0.484 e. The van der Waals surface area contributed by atoms with Gasteiger partial charge in [-0.05, 0) is 25.3 Å². The van der Waals surface area contributed by atoms with E-state index in [9.17, 15) is 4.79 Å². The SMILES string of the molecule is COCCNc1nc(SC)nc2c1cnn2CCNC(=O)COc1ccc(C)cc1. The van der Waals surface area contributed by atoms with Crippen molar-refractivity contribution in [2.24, 2.45) is 0 Å². The molecular formula is C20H26N6O3S. The molecule has 0 aliphatic carbocycles. The Morgan fingerprint density at radius 2 is 2.00 bits per heavy atom. The van der Waals surface area contributed by atoms with E-state index in [0.717, 1.165) is 22.4 Å². The van der Waals surface area contributed by atoms with E-state index in [-0.39, 0.29) is 12.5 Å². The molecule has 0 bridgehead atoms. The van der Waals surface area contributed by atoms with Crippen molar-refractivity contribution < 1.29 is 14.3 Å². The number of anilines is 1. The van der Waals surface area contributed by atoms with Crippen LogP contribution in [-0.2, 0) is 16.1 Å². The highest BCUT2D eigenvalue weighted by molar-refractivity contribution is 7.98. The van der Waals surface area contributed by atoms with Crippen LogP contribution < -0.4 is 15.4 Å². The summed E-state index contributed by atoms with van der Waals surface area (Å²) in [5.74, 6) is 1.21. The van der Waals surface area contributed by atoms with E-state index >= 15 is 0 Å². The first-order chi connectivity index (χ1) is 14.6. The maximum atomic E-state index is 12.1. The Morgan fingerprint density at radius 1 is 1.20 bits per heavy atom. The lowest BCUT2D eigenvalue weighted by Gasteiger charge is -2.10. The van der Waals surface area contributed by atoms with Crippen molar-refractivity contribution in [3.05, 3.63) is 36.0 Å². The number of thioether (sulfide) groups is 1. The summed E-state index contributed by atoms with van der Waals surface area (Å²) in [7, 11) is 1.66. The number of aromatic nitrogens is 4. The lowest BCUT2D eigenvalue weighted by Crippen LogP contribution is -2.31. The molecular weight excluding hydrogens is 404 g/mol. The van der Waals surface area contributed by atoms with Crippen molar-refractivity contribution in [2.45, 2.75) is 18.6 Å². The number of fused-ring (bicyclic) bond motifs is 1. The molecule has 2 N–H and O–H groups in total. The summed E-state index contributed by atoms with van der Waals surface area (Å²) < 4.78 is 12.3. The summed E-state index contributed by atoms with van der Waals surface area (Å²) in [5.41, 5.74) is 1.86. The van der Waals surface area contributed by atoms with Crippen molar-refractivity contribution in [1.82, 2.24) is 25.1 Å². The molecule has 10 heteroatoms. The average Bonchev–Trinajstić information content (AvgIpc) is 3.16. The quantitative estimate of drug-likeness (QED) is 0.271. The molecule has 0 unspecified atom stereocenters. The third-order valence-electron chi connectivity index (χ3n) is 4.29. The van der Waals surface area contributed by atoms with E-state index in [1.54, 1.807) is 18.0 Å². The Labute approximate surface area is 179 Å². The highest BCUT2D eigenvalue weighted by Crippen LogP contribution is 2.23. The zero-order valence-corrected chi connectivity index (χ0v) is 18.2. The fourth-order valence-corrected chi connectivity index (χ4v) is 3.09. The molecule has 0 aliphatic heterocycles.